The second kappa shape index (κ2) is 9.30. The summed E-state index contributed by atoms with van der Waals surface area (Å²) in [6.45, 7) is 0. The van der Waals surface area contributed by atoms with Crippen molar-refractivity contribution in [1.82, 2.24) is 9.97 Å². The first-order chi connectivity index (χ1) is 13.9. The predicted molar refractivity (Wildman–Crippen MR) is 115 cm³/mol. The summed E-state index contributed by atoms with van der Waals surface area (Å²) in [7, 11) is 1.55. The molecule has 3 aromatic rings. The minimum Gasteiger partial charge on any atom is -0.497 e. The molecule has 29 heavy (non-hydrogen) atoms. The maximum Gasteiger partial charge on any atom is 0.270 e. The second-order valence-corrected chi connectivity index (χ2v) is 8.16. The molecule has 0 radical (unpaired) electrons. The Morgan fingerprint density at radius 2 is 2.14 bits per heavy atom. The van der Waals surface area contributed by atoms with Gasteiger partial charge in [0.1, 0.15) is 23.1 Å². The minimum atomic E-state index is -0.600. The number of carbonyl (C=O) groups is 1. The summed E-state index contributed by atoms with van der Waals surface area (Å²) in [5.74, 6) is 0.594. The topological polar surface area (TPSA) is 121 Å². The van der Waals surface area contributed by atoms with Crippen LogP contribution in [0, 0.1) is 11.3 Å². The number of aromatic nitrogens is 2. The molecule has 2 N–H and O–H groups in total. The number of rotatable bonds is 6. The van der Waals surface area contributed by atoms with Gasteiger partial charge in [-0.3, -0.25) is 9.59 Å². The van der Waals surface area contributed by atoms with E-state index in [-0.39, 0.29) is 28.1 Å². The maximum absolute atomic E-state index is 12.4. The van der Waals surface area contributed by atoms with Gasteiger partial charge in [0.05, 0.1) is 24.8 Å². The van der Waals surface area contributed by atoms with Crippen molar-refractivity contribution in [1.29, 1.82) is 5.26 Å². The first-order valence-corrected chi connectivity index (χ1v) is 10.5. The highest BCUT2D eigenvalue weighted by atomic mass is 79.9. The van der Waals surface area contributed by atoms with Crippen molar-refractivity contribution in [2.45, 2.75) is 5.16 Å². The molecule has 3 rings (SSSR count). The Balaban J connectivity index is 1.76. The van der Waals surface area contributed by atoms with Crippen LogP contribution >= 0.6 is 43.6 Å². The number of nitrogens with one attached hydrogen (secondary N) is 2. The fourth-order valence-corrected chi connectivity index (χ4v) is 4.32. The zero-order valence-electron chi connectivity index (χ0n) is 14.8. The summed E-state index contributed by atoms with van der Waals surface area (Å²) in [4.78, 5) is 31.3. The maximum atomic E-state index is 12.4. The number of amides is 1. The van der Waals surface area contributed by atoms with Gasteiger partial charge in [-0.15, -0.1) is 0 Å². The van der Waals surface area contributed by atoms with E-state index in [1.54, 1.807) is 31.4 Å². The average Bonchev–Trinajstić information content (AvgIpc) is 3.23. The van der Waals surface area contributed by atoms with E-state index in [1.165, 1.54) is 6.26 Å². The Hall–Kier alpha value is -2.55. The van der Waals surface area contributed by atoms with Gasteiger partial charge in [0, 0.05) is 8.95 Å². The number of nitrogens with zero attached hydrogens (tertiary/aromatic N) is 2. The van der Waals surface area contributed by atoms with E-state index in [4.69, 9.17) is 9.15 Å². The van der Waals surface area contributed by atoms with E-state index in [9.17, 15) is 14.9 Å². The van der Waals surface area contributed by atoms with Gasteiger partial charge in [-0.1, -0.05) is 11.8 Å². The van der Waals surface area contributed by atoms with Crippen LogP contribution in [0.25, 0.3) is 11.5 Å². The number of benzene rings is 1. The first-order valence-electron chi connectivity index (χ1n) is 7.97. The molecule has 0 saturated carbocycles. The molecule has 148 valence electrons. The van der Waals surface area contributed by atoms with Crippen LogP contribution in [-0.4, -0.2) is 28.7 Å². The number of nitriles is 1. The van der Waals surface area contributed by atoms with Crippen molar-refractivity contribution >= 4 is 55.2 Å². The first kappa shape index (κ1) is 21.2. The standard InChI is InChI=1S/C18H12Br2N4O4S/c1-27-9-5-11(19)16(12(20)6-9)22-14(25)8-29-18-23-15(13-3-2-4-28-13)10(7-21)17(26)24-18/h2-6H,8H2,1H3,(H,22,25)(H,23,24,26). The number of halogens is 2. The van der Waals surface area contributed by atoms with Gasteiger partial charge in [-0.2, -0.15) is 5.26 Å². The van der Waals surface area contributed by atoms with E-state index < -0.39 is 5.56 Å². The molecule has 2 aromatic heterocycles. The summed E-state index contributed by atoms with van der Waals surface area (Å²) < 4.78 is 11.7. The van der Waals surface area contributed by atoms with Crippen LogP contribution in [0.1, 0.15) is 5.56 Å². The fraction of sp³-hybridized carbons (Fsp3) is 0.111. The van der Waals surface area contributed by atoms with Crippen LogP contribution in [0.5, 0.6) is 5.75 Å². The molecular weight excluding hydrogens is 528 g/mol. The molecule has 0 fully saturated rings. The Kier molecular flexibility index (Phi) is 6.79. The summed E-state index contributed by atoms with van der Waals surface area (Å²) in [6.07, 6.45) is 1.42. The van der Waals surface area contributed by atoms with Crippen molar-refractivity contribution in [2.75, 3.05) is 18.2 Å². The van der Waals surface area contributed by atoms with E-state index in [2.05, 4.69) is 47.1 Å². The number of H-pyrrole nitrogens is 1. The highest BCUT2D eigenvalue weighted by Crippen LogP contribution is 2.35. The number of anilines is 1. The SMILES string of the molecule is COc1cc(Br)c(NC(=O)CSc2nc(-c3ccco3)c(C#N)c(=O)[nH]2)c(Br)c1. The van der Waals surface area contributed by atoms with Crippen LogP contribution in [-0.2, 0) is 4.79 Å². The monoisotopic (exact) mass is 538 g/mol. The second-order valence-electron chi connectivity index (χ2n) is 5.49. The number of furan rings is 1. The lowest BCUT2D eigenvalue weighted by Crippen LogP contribution is -2.17. The van der Waals surface area contributed by atoms with Crippen LogP contribution in [0.2, 0.25) is 0 Å². The van der Waals surface area contributed by atoms with Gasteiger partial charge in [-0.05, 0) is 56.1 Å². The Bertz CT molecular complexity index is 1130. The van der Waals surface area contributed by atoms with Crippen molar-refractivity contribution in [3.63, 3.8) is 0 Å². The molecule has 0 saturated heterocycles. The molecule has 11 heteroatoms. The lowest BCUT2D eigenvalue weighted by atomic mass is 10.2. The van der Waals surface area contributed by atoms with Gasteiger partial charge in [0.15, 0.2) is 10.9 Å². The third-order valence-electron chi connectivity index (χ3n) is 3.62. The molecule has 0 aliphatic carbocycles. The molecule has 0 unspecified atom stereocenters. The molecule has 1 aromatic carbocycles. The highest BCUT2D eigenvalue weighted by Gasteiger charge is 2.17. The number of ether oxygens (including phenoxy) is 1. The van der Waals surface area contributed by atoms with Crippen molar-refractivity contribution in [2.24, 2.45) is 0 Å². The molecule has 8 nitrogen and oxygen atoms in total. The third kappa shape index (κ3) is 4.90. The summed E-state index contributed by atoms with van der Waals surface area (Å²) in [5, 5.41) is 12.2. The van der Waals surface area contributed by atoms with Gasteiger partial charge in [-0.25, -0.2) is 4.98 Å². The molecule has 0 bridgehead atoms. The smallest absolute Gasteiger partial charge is 0.270 e. The molecule has 1 amide bonds. The number of aromatic amines is 1. The van der Waals surface area contributed by atoms with Gasteiger partial charge < -0.3 is 19.5 Å². The van der Waals surface area contributed by atoms with Gasteiger partial charge in [0.2, 0.25) is 5.91 Å². The van der Waals surface area contributed by atoms with Crippen molar-refractivity contribution in [3.05, 3.63) is 55.4 Å². The van der Waals surface area contributed by atoms with E-state index >= 15 is 0 Å². The largest absolute Gasteiger partial charge is 0.497 e. The molecule has 0 atom stereocenters. The van der Waals surface area contributed by atoms with Crippen molar-refractivity contribution in [3.8, 4) is 23.3 Å². The van der Waals surface area contributed by atoms with E-state index in [0.29, 0.717) is 26.1 Å². The molecule has 2 heterocycles. The van der Waals surface area contributed by atoms with Crippen LogP contribution in [0.15, 0.2) is 53.8 Å². The third-order valence-corrected chi connectivity index (χ3v) is 5.74. The number of hydrogen-bond donors (Lipinski definition) is 2. The van der Waals surface area contributed by atoms with Crippen molar-refractivity contribution < 1.29 is 13.9 Å². The van der Waals surface area contributed by atoms with Gasteiger partial charge >= 0.3 is 0 Å². The number of methoxy groups -OCH3 is 1. The van der Waals surface area contributed by atoms with Crippen LogP contribution in [0.3, 0.4) is 0 Å². The number of carbonyl (C=O) groups excluding carboxylic acids is 1. The Morgan fingerprint density at radius 3 is 2.72 bits per heavy atom. The summed E-state index contributed by atoms with van der Waals surface area (Å²) in [5.41, 5.74) is -0.0731. The number of hydrogen-bond acceptors (Lipinski definition) is 7. The zero-order valence-corrected chi connectivity index (χ0v) is 18.8. The lowest BCUT2D eigenvalue weighted by Gasteiger charge is -2.11. The Labute approximate surface area is 185 Å². The molecule has 0 spiro atoms. The summed E-state index contributed by atoms with van der Waals surface area (Å²) >= 11 is 7.80. The van der Waals surface area contributed by atoms with Crippen LogP contribution in [0.4, 0.5) is 5.69 Å². The number of thioether (sulfide) groups is 1. The molecular formula is C18H12Br2N4O4S. The van der Waals surface area contributed by atoms with E-state index in [1.807, 2.05) is 6.07 Å². The summed E-state index contributed by atoms with van der Waals surface area (Å²) in [6, 6.07) is 8.50. The fourth-order valence-electron chi connectivity index (χ4n) is 2.31. The zero-order chi connectivity index (χ0) is 21.0. The normalized spacial score (nSPS) is 10.4. The lowest BCUT2D eigenvalue weighted by molar-refractivity contribution is -0.113. The Morgan fingerprint density at radius 1 is 1.41 bits per heavy atom. The van der Waals surface area contributed by atoms with Crippen LogP contribution < -0.4 is 15.6 Å². The molecule has 0 aliphatic rings. The average molecular weight is 540 g/mol. The minimum absolute atomic E-state index is 0.0165. The quantitative estimate of drug-likeness (QED) is 0.356. The molecule has 0 aliphatic heterocycles. The predicted octanol–water partition coefficient (Wildman–Crippen LogP) is 4.17. The highest BCUT2D eigenvalue weighted by molar-refractivity contribution is 9.11. The van der Waals surface area contributed by atoms with E-state index in [0.717, 1.165) is 11.8 Å². The van der Waals surface area contributed by atoms with Gasteiger partial charge in [0.25, 0.3) is 5.56 Å².